The van der Waals surface area contributed by atoms with Crippen LogP contribution in [-0.4, -0.2) is 62.7 Å². The van der Waals surface area contributed by atoms with Crippen LogP contribution in [-0.2, 0) is 0 Å². The lowest BCUT2D eigenvalue weighted by molar-refractivity contribution is 0.0533. The number of hydrogen-bond acceptors (Lipinski definition) is 6. The van der Waals surface area contributed by atoms with E-state index in [1.165, 1.54) is 6.33 Å². The molecule has 0 aliphatic rings. The summed E-state index contributed by atoms with van der Waals surface area (Å²) in [6.45, 7) is -0.806. The Morgan fingerprint density at radius 3 is 2.65 bits per heavy atom. The van der Waals surface area contributed by atoms with Gasteiger partial charge in [0, 0.05) is 13.2 Å². The van der Waals surface area contributed by atoms with Crippen molar-refractivity contribution in [2.45, 2.75) is 12.1 Å². The first kappa shape index (κ1) is 16.4. The van der Waals surface area contributed by atoms with Crippen LogP contribution in [0.25, 0.3) is 11.0 Å². The second-order valence-corrected chi connectivity index (χ2v) is 4.24. The highest BCUT2D eigenvalue weighted by Gasteiger charge is 2.25. The minimum Gasteiger partial charge on any atom is -0.394 e. The Morgan fingerprint density at radius 2 is 2.05 bits per heavy atom. The van der Waals surface area contributed by atoms with Crippen LogP contribution in [0.3, 0.4) is 0 Å². The SMILES string of the molecule is CN(c1c[nH]c2c(=O)[nH]cnc12)[C@H](CO)[C@H](O)CO.Cl. The van der Waals surface area contributed by atoms with Gasteiger partial charge in [-0.2, -0.15) is 0 Å². The van der Waals surface area contributed by atoms with Gasteiger partial charge in [0.05, 0.1) is 37.4 Å². The Bertz CT molecular complexity index is 614. The number of fused-ring (bicyclic) bond motifs is 1. The van der Waals surface area contributed by atoms with E-state index in [1.807, 2.05) is 0 Å². The molecule has 2 atom stereocenters. The molecule has 8 nitrogen and oxygen atoms in total. The first-order valence-electron chi connectivity index (χ1n) is 5.77. The van der Waals surface area contributed by atoms with Gasteiger partial charge in [0.25, 0.3) is 5.56 Å². The Kier molecular flexibility index (Phi) is 5.52. The van der Waals surface area contributed by atoms with Crippen molar-refractivity contribution >= 4 is 29.1 Å². The summed E-state index contributed by atoms with van der Waals surface area (Å²) in [6.07, 6.45) is 1.76. The average molecular weight is 305 g/mol. The van der Waals surface area contributed by atoms with Crippen LogP contribution in [0.1, 0.15) is 0 Å². The van der Waals surface area contributed by atoms with Crippen molar-refractivity contribution in [2.24, 2.45) is 0 Å². The lowest BCUT2D eigenvalue weighted by atomic mass is 10.1. The van der Waals surface area contributed by atoms with Gasteiger partial charge in [-0.3, -0.25) is 4.79 Å². The van der Waals surface area contributed by atoms with Crippen molar-refractivity contribution < 1.29 is 15.3 Å². The Balaban J connectivity index is 0.00000200. The summed E-state index contributed by atoms with van der Waals surface area (Å²) in [5.41, 5.74) is 1.02. The molecule has 20 heavy (non-hydrogen) atoms. The quantitative estimate of drug-likeness (QED) is 0.473. The Morgan fingerprint density at radius 1 is 1.35 bits per heavy atom. The van der Waals surface area contributed by atoms with E-state index in [1.54, 1.807) is 18.1 Å². The molecule has 9 heteroatoms. The number of nitrogens with zero attached hydrogens (tertiary/aromatic N) is 2. The number of aliphatic hydroxyl groups excluding tert-OH is 3. The van der Waals surface area contributed by atoms with Crippen molar-refractivity contribution in [1.29, 1.82) is 0 Å². The minimum atomic E-state index is -1.10. The average Bonchev–Trinajstić information content (AvgIpc) is 2.84. The third kappa shape index (κ3) is 2.78. The molecule has 0 aliphatic heterocycles. The zero-order valence-corrected chi connectivity index (χ0v) is 11.6. The number of aromatic amines is 2. The van der Waals surface area contributed by atoms with Crippen LogP contribution < -0.4 is 10.5 Å². The highest BCUT2D eigenvalue weighted by molar-refractivity contribution is 5.88. The molecule has 0 aliphatic carbocycles. The number of H-pyrrole nitrogens is 2. The van der Waals surface area contributed by atoms with Gasteiger partial charge in [-0.25, -0.2) is 4.98 Å². The minimum absolute atomic E-state index is 0. The Hall–Kier alpha value is -1.61. The van der Waals surface area contributed by atoms with Gasteiger partial charge >= 0.3 is 0 Å². The lowest BCUT2D eigenvalue weighted by Gasteiger charge is -2.30. The number of rotatable bonds is 5. The normalized spacial score (nSPS) is 13.8. The lowest BCUT2D eigenvalue weighted by Crippen LogP contribution is -2.45. The standard InChI is InChI=1S/C11H16N4O4.ClH/c1-15(7(3-16)8(18)4-17)6-2-12-10-9(6)13-5-14-11(10)19;/h2,5,7-8,12,16-18H,3-4H2,1H3,(H,13,14,19);1H/t7-,8-;/m1./s1. The second-order valence-electron chi connectivity index (χ2n) is 4.24. The van der Waals surface area contributed by atoms with Gasteiger partial charge in [-0.05, 0) is 0 Å². The molecule has 0 amide bonds. The van der Waals surface area contributed by atoms with Gasteiger partial charge in [0.2, 0.25) is 0 Å². The second kappa shape index (κ2) is 6.71. The molecule has 0 bridgehead atoms. The van der Waals surface area contributed by atoms with Gasteiger partial charge < -0.3 is 30.2 Å². The fourth-order valence-corrected chi connectivity index (χ4v) is 2.01. The molecule has 2 rings (SSSR count). The fraction of sp³-hybridized carbons (Fsp3) is 0.455. The maximum atomic E-state index is 11.6. The van der Waals surface area contributed by atoms with E-state index in [4.69, 9.17) is 5.11 Å². The van der Waals surface area contributed by atoms with Crippen LogP contribution >= 0.6 is 12.4 Å². The van der Waals surface area contributed by atoms with Crippen LogP contribution in [0.2, 0.25) is 0 Å². The molecule has 0 unspecified atom stereocenters. The third-order valence-electron chi connectivity index (χ3n) is 3.14. The number of halogens is 1. The molecular weight excluding hydrogens is 288 g/mol. The van der Waals surface area contributed by atoms with Crippen molar-refractivity contribution in [3.05, 3.63) is 22.9 Å². The Labute approximate surface area is 120 Å². The van der Waals surface area contributed by atoms with Crippen LogP contribution in [0.4, 0.5) is 5.69 Å². The van der Waals surface area contributed by atoms with Gasteiger partial charge in [-0.1, -0.05) is 0 Å². The molecule has 112 valence electrons. The van der Waals surface area contributed by atoms with E-state index in [-0.39, 0.29) is 24.6 Å². The zero-order valence-electron chi connectivity index (χ0n) is 10.8. The van der Waals surface area contributed by atoms with E-state index in [2.05, 4.69) is 15.0 Å². The summed E-state index contributed by atoms with van der Waals surface area (Å²) in [7, 11) is 1.64. The van der Waals surface area contributed by atoms with Crippen molar-refractivity contribution in [3.63, 3.8) is 0 Å². The van der Waals surface area contributed by atoms with E-state index in [0.29, 0.717) is 16.7 Å². The molecule has 0 spiro atoms. The fourth-order valence-electron chi connectivity index (χ4n) is 2.01. The number of likely N-dealkylation sites (N-methyl/N-ethyl adjacent to an activating group) is 1. The zero-order chi connectivity index (χ0) is 14.0. The molecule has 0 radical (unpaired) electrons. The maximum absolute atomic E-state index is 11.6. The molecule has 2 aromatic heterocycles. The van der Waals surface area contributed by atoms with Crippen molar-refractivity contribution in [3.8, 4) is 0 Å². The highest BCUT2D eigenvalue weighted by atomic mass is 35.5. The van der Waals surface area contributed by atoms with Gasteiger partial charge in [0.15, 0.2) is 0 Å². The van der Waals surface area contributed by atoms with Crippen LogP contribution in [0.15, 0.2) is 17.3 Å². The molecule has 0 saturated carbocycles. The summed E-state index contributed by atoms with van der Waals surface area (Å²) < 4.78 is 0. The molecule has 0 aromatic carbocycles. The van der Waals surface area contributed by atoms with Crippen LogP contribution in [0, 0.1) is 0 Å². The van der Waals surface area contributed by atoms with Crippen molar-refractivity contribution in [1.82, 2.24) is 15.0 Å². The monoisotopic (exact) mass is 304 g/mol. The smallest absolute Gasteiger partial charge is 0.275 e. The number of anilines is 1. The number of aliphatic hydroxyl groups is 3. The summed E-state index contributed by atoms with van der Waals surface area (Å²) in [6, 6.07) is -0.690. The highest BCUT2D eigenvalue weighted by Crippen LogP contribution is 2.23. The topological polar surface area (TPSA) is 125 Å². The van der Waals surface area contributed by atoms with E-state index in [9.17, 15) is 15.0 Å². The maximum Gasteiger partial charge on any atom is 0.275 e. The van der Waals surface area contributed by atoms with Crippen LogP contribution in [0.5, 0.6) is 0 Å². The number of aromatic nitrogens is 3. The van der Waals surface area contributed by atoms with E-state index in [0.717, 1.165) is 0 Å². The van der Waals surface area contributed by atoms with E-state index >= 15 is 0 Å². The van der Waals surface area contributed by atoms with E-state index < -0.39 is 18.8 Å². The summed E-state index contributed by atoms with van der Waals surface area (Å²) in [5, 5.41) is 27.9. The number of hydrogen-bond donors (Lipinski definition) is 5. The molecule has 2 aromatic rings. The molecule has 2 heterocycles. The molecule has 0 fully saturated rings. The first-order valence-corrected chi connectivity index (χ1v) is 5.77. The molecule has 5 N–H and O–H groups in total. The molecule has 0 saturated heterocycles. The molecular formula is C11H17ClN4O4. The summed E-state index contributed by atoms with van der Waals surface area (Å²) >= 11 is 0. The summed E-state index contributed by atoms with van der Waals surface area (Å²) in [4.78, 5) is 22.5. The third-order valence-corrected chi connectivity index (χ3v) is 3.14. The largest absolute Gasteiger partial charge is 0.394 e. The van der Waals surface area contributed by atoms with Gasteiger partial charge in [-0.15, -0.1) is 12.4 Å². The first-order chi connectivity index (χ1) is 9.10. The van der Waals surface area contributed by atoms with Gasteiger partial charge in [0.1, 0.15) is 11.0 Å². The van der Waals surface area contributed by atoms with Crippen molar-refractivity contribution in [2.75, 3.05) is 25.2 Å². The predicted octanol–water partition coefficient (Wildman–Crippen LogP) is -1.18. The predicted molar refractivity (Wildman–Crippen MR) is 76.3 cm³/mol. The number of nitrogens with one attached hydrogen (secondary N) is 2. The summed E-state index contributed by atoms with van der Waals surface area (Å²) in [5.74, 6) is 0.